The number of H-pyrrole nitrogens is 1. The molecule has 2 heterocycles. The summed E-state index contributed by atoms with van der Waals surface area (Å²) in [4.78, 5) is 27.0. The van der Waals surface area contributed by atoms with Crippen LogP contribution in [0.25, 0.3) is 11.3 Å². The molecule has 2 aromatic heterocycles. The van der Waals surface area contributed by atoms with Gasteiger partial charge in [0.2, 0.25) is 0 Å². The molecule has 108 valence electrons. The van der Waals surface area contributed by atoms with Crippen LogP contribution in [-0.4, -0.2) is 21.1 Å². The average molecular weight is 292 g/mol. The van der Waals surface area contributed by atoms with E-state index in [0.717, 1.165) is 5.56 Å². The first-order valence-electron chi connectivity index (χ1n) is 6.60. The van der Waals surface area contributed by atoms with Gasteiger partial charge in [-0.05, 0) is 30.3 Å². The topological polar surface area (TPSA) is 87.7 Å². The number of nitrogens with one attached hydrogen (secondary N) is 2. The molecule has 0 saturated carbocycles. The van der Waals surface area contributed by atoms with Crippen molar-refractivity contribution >= 4 is 11.6 Å². The lowest BCUT2D eigenvalue weighted by molar-refractivity contribution is 0.102. The van der Waals surface area contributed by atoms with Crippen LogP contribution in [0, 0.1) is 0 Å². The van der Waals surface area contributed by atoms with E-state index in [4.69, 9.17) is 0 Å². The monoisotopic (exact) mass is 292 g/mol. The van der Waals surface area contributed by atoms with Gasteiger partial charge < -0.3 is 5.32 Å². The number of carbonyl (C=O) groups excluding carboxylic acids is 1. The second-order valence-corrected chi connectivity index (χ2v) is 4.58. The van der Waals surface area contributed by atoms with Crippen molar-refractivity contribution in [2.24, 2.45) is 0 Å². The van der Waals surface area contributed by atoms with Gasteiger partial charge in [-0.25, -0.2) is 5.10 Å². The third-order valence-electron chi connectivity index (χ3n) is 3.02. The van der Waals surface area contributed by atoms with Crippen LogP contribution in [0.3, 0.4) is 0 Å². The maximum absolute atomic E-state index is 12.1. The highest BCUT2D eigenvalue weighted by molar-refractivity contribution is 6.04. The first-order chi connectivity index (χ1) is 10.7. The highest BCUT2D eigenvalue weighted by atomic mass is 16.1. The normalized spacial score (nSPS) is 10.2. The Balaban J connectivity index is 1.84. The Hall–Kier alpha value is -3.28. The number of anilines is 1. The van der Waals surface area contributed by atoms with Crippen molar-refractivity contribution in [3.05, 3.63) is 76.8 Å². The number of amides is 1. The Kier molecular flexibility index (Phi) is 3.74. The van der Waals surface area contributed by atoms with Gasteiger partial charge in [0.15, 0.2) is 0 Å². The summed E-state index contributed by atoms with van der Waals surface area (Å²) in [5.41, 5.74) is 2.27. The summed E-state index contributed by atoms with van der Waals surface area (Å²) in [6.07, 6.45) is 3.11. The number of hydrogen-bond donors (Lipinski definition) is 2. The lowest BCUT2D eigenvalue weighted by atomic mass is 10.1. The Labute approximate surface area is 125 Å². The smallest absolute Gasteiger partial charge is 0.264 e. The molecule has 0 aliphatic carbocycles. The van der Waals surface area contributed by atoms with Crippen LogP contribution in [0.2, 0.25) is 0 Å². The van der Waals surface area contributed by atoms with Crippen molar-refractivity contribution in [1.82, 2.24) is 15.2 Å². The summed E-state index contributed by atoms with van der Waals surface area (Å²) in [6, 6.07) is 13.6. The Morgan fingerprint density at radius 3 is 2.73 bits per heavy atom. The minimum atomic E-state index is -0.259. The van der Waals surface area contributed by atoms with Crippen molar-refractivity contribution < 1.29 is 4.79 Å². The molecule has 0 fully saturated rings. The predicted octanol–water partition coefficient (Wildman–Crippen LogP) is 2.08. The number of benzene rings is 1. The maximum atomic E-state index is 12.1. The lowest BCUT2D eigenvalue weighted by Gasteiger charge is -2.07. The molecule has 3 rings (SSSR count). The molecule has 3 aromatic rings. The third-order valence-corrected chi connectivity index (χ3v) is 3.02. The minimum Gasteiger partial charge on any atom is -0.322 e. The highest BCUT2D eigenvalue weighted by Crippen LogP contribution is 2.20. The summed E-state index contributed by atoms with van der Waals surface area (Å²) < 4.78 is 0. The van der Waals surface area contributed by atoms with Gasteiger partial charge in [-0.15, -0.1) is 0 Å². The number of pyridine rings is 1. The molecule has 1 aromatic carbocycles. The maximum Gasteiger partial charge on any atom is 0.264 e. The second-order valence-electron chi connectivity index (χ2n) is 4.58. The number of carbonyl (C=O) groups is 1. The number of nitrogens with zero attached hydrogens (tertiary/aromatic N) is 2. The van der Waals surface area contributed by atoms with E-state index >= 15 is 0 Å². The van der Waals surface area contributed by atoms with E-state index in [1.54, 1.807) is 42.6 Å². The molecule has 1 amide bonds. The predicted molar refractivity (Wildman–Crippen MR) is 82.5 cm³/mol. The molecule has 0 bridgehead atoms. The van der Waals surface area contributed by atoms with Gasteiger partial charge in [0.1, 0.15) is 0 Å². The van der Waals surface area contributed by atoms with Crippen LogP contribution >= 0.6 is 0 Å². The van der Waals surface area contributed by atoms with Crippen molar-refractivity contribution in [3.8, 4) is 11.3 Å². The van der Waals surface area contributed by atoms with E-state index in [9.17, 15) is 9.59 Å². The molecular weight excluding hydrogens is 280 g/mol. The van der Waals surface area contributed by atoms with E-state index in [1.165, 1.54) is 12.3 Å². The number of aromatic nitrogens is 3. The van der Waals surface area contributed by atoms with Crippen LogP contribution in [0.4, 0.5) is 5.69 Å². The number of hydrogen-bond acceptors (Lipinski definition) is 4. The second kappa shape index (κ2) is 6.01. The Morgan fingerprint density at radius 1 is 1.09 bits per heavy atom. The van der Waals surface area contributed by atoms with Gasteiger partial charge in [0.25, 0.3) is 11.5 Å². The molecule has 0 spiro atoms. The van der Waals surface area contributed by atoms with Crippen molar-refractivity contribution in [3.63, 3.8) is 0 Å². The Morgan fingerprint density at radius 2 is 2.00 bits per heavy atom. The molecule has 0 atom stereocenters. The van der Waals surface area contributed by atoms with Gasteiger partial charge in [0, 0.05) is 29.7 Å². The quantitative estimate of drug-likeness (QED) is 0.773. The molecule has 0 saturated heterocycles. The fourth-order valence-electron chi connectivity index (χ4n) is 1.96. The Bertz CT molecular complexity index is 839. The molecule has 0 radical (unpaired) electrons. The standard InChI is InChI=1S/C16H12N4O2/c21-15-7-6-14(19-20-15)11-3-1-5-13(9-11)18-16(22)12-4-2-8-17-10-12/h1-10H,(H,18,22)(H,20,21). The minimum absolute atomic E-state index is 0.236. The van der Waals surface area contributed by atoms with Crippen LogP contribution in [0.5, 0.6) is 0 Å². The van der Waals surface area contributed by atoms with E-state index in [1.807, 2.05) is 6.07 Å². The molecule has 6 heteroatoms. The van der Waals surface area contributed by atoms with Gasteiger partial charge >= 0.3 is 0 Å². The summed E-state index contributed by atoms with van der Waals surface area (Å²) in [6.45, 7) is 0. The molecule has 22 heavy (non-hydrogen) atoms. The third kappa shape index (κ3) is 3.06. The van der Waals surface area contributed by atoms with Crippen molar-refractivity contribution in [1.29, 1.82) is 0 Å². The van der Waals surface area contributed by atoms with Crippen molar-refractivity contribution in [2.75, 3.05) is 5.32 Å². The van der Waals surface area contributed by atoms with Gasteiger partial charge in [-0.3, -0.25) is 14.6 Å². The van der Waals surface area contributed by atoms with Crippen LogP contribution < -0.4 is 10.9 Å². The molecular formula is C16H12N4O2. The first kappa shape index (κ1) is 13.7. The number of rotatable bonds is 3. The van der Waals surface area contributed by atoms with Crippen LogP contribution in [0.1, 0.15) is 10.4 Å². The van der Waals surface area contributed by atoms with E-state index in [2.05, 4.69) is 20.5 Å². The number of aromatic amines is 1. The van der Waals surface area contributed by atoms with E-state index < -0.39 is 0 Å². The van der Waals surface area contributed by atoms with Gasteiger partial charge in [-0.1, -0.05) is 12.1 Å². The molecule has 2 N–H and O–H groups in total. The zero-order chi connectivity index (χ0) is 15.4. The SMILES string of the molecule is O=C(Nc1cccc(-c2ccc(=O)[nH]n2)c1)c1cccnc1. The van der Waals surface area contributed by atoms with Crippen molar-refractivity contribution in [2.45, 2.75) is 0 Å². The molecule has 0 aliphatic rings. The van der Waals surface area contributed by atoms with E-state index in [-0.39, 0.29) is 11.5 Å². The fourth-order valence-corrected chi connectivity index (χ4v) is 1.96. The highest BCUT2D eigenvalue weighted by Gasteiger charge is 2.07. The molecule has 6 nitrogen and oxygen atoms in total. The average Bonchev–Trinajstić information content (AvgIpc) is 2.56. The summed E-state index contributed by atoms with van der Waals surface area (Å²) in [7, 11) is 0. The van der Waals surface area contributed by atoms with E-state index in [0.29, 0.717) is 16.9 Å². The molecule has 0 aliphatic heterocycles. The summed E-state index contributed by atoms with van der Waals surface area (Å²) in [5.74, 6) is -0.236. The lowest BCUT2D eigenvalue weighted by Crippen LogP contribution is -2.12. The zero-order valence-corrected chi connectivity index (χ0v) is 11.5. The molecule has 0 unspecified atom stereocenters. The first-order valence-corrected chi connectivity index (χ1v) is 6.60. The van der Waals surface area contributed by atoms with Gasteiger partial charge in [-0.2, -0.15) is 5.10 Å². The van der Waals surface area contributed by atoms with Crippen LogP contribution in [0.15, 0.2) is 65.7 Å². The summed E-state index contributed by atoms with van der Waals surface area (Å²) in [5, 5.41) is 9.15. The summed E-state index contributed by atoms with van der Waals surface area (Å²) >= 11 is 0. The van der Waals surface area contributed by atoms with Crippen LogP contribution in [-0.2, 0) is 0 Å². The fraction of sp³-hybridized carbons (Fsp3) is 0. The zero-order valence-electron chi connectivity index (χ0n) is 11.5. The van der Waals surface area contributed by atoms with Gasteiger partial charge in [0.05, 0.1) is 11.3 Å². The largest absolute Gasteiger partial charge is 0.322 e.